The Hall–Kier alpha value is -1.89. The lowest BCUT2D eigenvalue weighted by atomic mass is 9.95. The van der Waals surface area contributed by atoms with E-state index >= 15 is 0 Å². The van der Waals surface area contributed by atoms with E-state index < -0.39 is 0 Å². The van der Waals surface area contributed by atoms with E-state index in [1.807, 2.05) is 61.6 Å². The standard InChI is InChI=1S/C15H14O/c1-2-12-7-6-10-14(11-12)15(16)13-8-4-3-5-9-13/h2-6,8-11H,7H2,1H3/b12-2+. The molecule has 0 fully saturated rings. The highest BCUT2D eigenvalue weighted by Gasteiger charge is 2.11. The van der Waals surface area contributed by atoms with Gasteiger partial charge in [-0.2, -0.15) is 0 Å². The van der Waals surface area contributed by atoms with Crippen LogP contribution < -0.4 is 0 Å². The third-order valence-electron chi connectivity index (χ3n) is 2.66. The van der Waals surface area contributed by atoms with Crippen LogP contribution in [0.1, 0.15) is 23.7 Å². The first-order valence-electron chi connectivity index (χ1n) is 5.44. The highest BCUT2D eigenvalue weighted by atomic mass is 16.1. The number of rotatable bonds is 2. The predicted octanol–water partition coefficient (Wildman–Crippen LogP) is 3.70. The van der Waals surface area contributed by atoms with Crippen molar-refractivity contribution in [3.05, 3.63) is 71.3 Å². The summed E-state index contributed by atoms with van der Waals surface area (Å²) in [6.45, 7) is 2.00. The zero-order chi connectivity index (χ0) is 11.4. The maximum Gasteiger partial charge on any atom is 0.193 e. The Bertz CT molecular complexity index is 475. The Morgan fingerprint density at radius 2 is 2.00 bits per heavy atom. The first kappa shape index (κ1) is 10.6. The van der Waals surface area contributed by atoms with E-state index in [0.29, 0.717) is 0 Å². The van der Waals surface area contributed by atoms with Gasteiger partial charge in [0.2, 0.25) is 0 Å². The van der Waals surface area contributed by atoms with E-state index in [4.69, 9.17) is 0 Å². The Labute approximate surface area is 95.8 Å². The van der Waals surface area contributed by atoms with Gasteiger partial charge < -0.3 is 0 Å². The Morgan fingerprint density at radius 1 is 1.25 bits per heavy atom. The summed E-state index contributed by atoms with van der Waals surface area (Å²) >= 11 is 0. The lowest BCUT2D eigenvalue weighted by Gasteiger charge is -2.08. The molecule has 0 amide bonds. The van der Waals surface area contributed by atoms with Gasteiger partial charge in [0.15, 0.2) is 5.78 Å². The van der Waals surface area contributed by atoms with Crippen LogP contribution in [0.5, 0.6) is 0 Å². The molecule has 1 heteroatoms. The normalized spacial score (nSPS) is 17.3. The van der Waals surface area contributed by atoms with Gasteiger partial charge in [0.05, 0.1) is 0 Å². The molecule has 0 heterocycles. The summed E-state index contributed by atoms with van der Waals surface area (Å²) in [5.74, 6) is 0.0934. The fraction of sp³-hybridized carbons (Fsp3) is 0.133. The van der Waals surface area contributed by atoms with Crippen molar-refractivity contribution in [3.8, 4) is 0 Å². The van der Waals surface area contributed by atoms with Crippen LogP contribution in [0, 0.1) is 0 Å². The molecule has 0 saturated heterocycles. The second kappa shape index (κ2) is 4.75. The number of Topliss-reactive ketones (excluding diaryl/α,β-unsaturated/α-hetero) is 1. The first-order chi connectivity index (χ1) is 7.81. The molecule has 16 heavy (non-hydrogen) atoms. The van der Waals surface area contributed by atoms with Crippen LogP contribution in [0.25, 0.3) is 0 Å². The van der Waals surface area contributed by atoms with E-state index in [2.05, 4.69) is 0 Å². The molecule has 1 aromatic carbocycles. The van der Waals surface area contributed by atoms with Gasteiger partial charge in [-0.15, -0.1) is 0 Å². The van der Waals surface area contributed by atoms with Gasteiger partial charge in [0, 0.05) is 11.1 Å². The molecule has 0 aromatic heterocycles. The van der Waals surface area contributed by atoms with Crippen molar-refractivity contribution in [2.24, 2.45) is 0 Å². The monoisotopic (exact) mass is 210 g/mol. The molecule has 1 nitrogen and oxygen atoms in total. The molecule has 1 aromatic rings. The molecule has 0 aliphatic heterocycles. The fourth-order valence-electron chi connectivity index (χ4n) is 1.73. The zero-order valence-electron chi connectivity index (χ0n) is 9.31. The van der Waals surface area contributed by atoms with Crippen molar-refractivity contribution in [1.29, 1.82) is 0 Å². The third kappa shape index (κ3) is 2.19. The minimum Gasteiger partial charge on any atom is -0.289 e. The first-order valence-corrected chi connectivity index (χ1v) is 5.44. The average Bonchev–Trinajstić information content (AvgIpc) is 2.39. The molecule has 80 valence electrons. The van der Waals surface area contributed by atoms with Crippen LogP contribution in [0.3, 0.4) is 0 Å². The largest absolute Gasteiger partial charge is 0.289 e. The van der Waals surface area contributed by atoms with Gasteiger partial charge in [0.1, 0.15) is 0 Å². The van der Waals surface area contributed by atoms with E-state index in [9.17, 15) is 4.79 Å². The van der Waals surface area contributed by atoms with Crippen LogP contribution in [0.2, 0.25) is 0 Å². The number of hydrogen-bond donors (Lipinski definition) is 0. The highest BCUT2D eigenvalue weighted by molar-refractivity contribution is 6.11. The van der Waals surface area contributed by atoms with Gasteiger partial charge in [0.25, 0.3) is 0 Å². The van der Waals surface area contributed by atoms with E-state index in [1.165, 1.54) is 5.57 Å². The number of carbonyl (C=O) groups is 1. The number of hydrogen-bond acceptors (Lipinski definition) is 1. The van der Waals surface area contributed by atoms with Crippen LogP contribution in [0.4, 0.5) is 0 Å². The van der Waals surface area contributed by atoms with Gasteiger partial charge in [-0.3, -0.25) is 4.79 Å². The van der Waals surface area contributed by atoms with Crippen LogP contribution in [-0.4, -0.2) is 5.78 Å². The molecule has 1 aliphatic rings. The van der Waals surface area contributed by atoms with E-state index in [1.54, 1.807) is 0 Å². The van der Waals surface area contributed by atoms with Crippen LogP contribution in [-0.2, 0) is 0 Å². The van der Waals surface area contributed by atoms with Crippen molar-refractivity contribution < 1.29 is 4.79 Å². The summed E-state index contributed by atoms with van der Waals surface area (Å²) in [6, 6.07) is 9.38. The van der Waals surface area contributed by atoms with Crippen molar-refractivity contribution in [1.82, 2.24) is 0 Å². The van der Waals surface area contributed by atoms with E-state index in [0.717, 1.165) is 17.6 Å². The zero-order valence-corrected chi connectivity index (χ0v) is 9.31. The maximum absolute atomic E-state index is 12.1. The van der Waals surface area contributed by atoms with Gasteiger partial charge >= 0.3 is 0 Å². The van der Waals surface area contributed by atoms with Crippen molar-refractivity contribution in [2.45, 2.75) is 13.3 Å². The fourth-order valence-corrected chi connectivity index (χ4v) is 1.73. The molecule has 0 saturated carbocycles. The highest BCUT2D eigenvalue weighted by Crippen LogP contribution is 2.19. The lowest BCUT2D eigenvalue weighted by molar-refractivity contribution is 0.103. The predicted molar refractivity (Wildman–Crippen MR) is 66.4 cm³/mol. The van der Waals surface area contributed by atoms with E-state index in [-0.39, 0.29) is 5.78 Å². The van der Waals surface area contributed by atoms with Gasteiger partial charge in [-0.1, -0.05) is 48.6 Å². The Balaban J connectivity index is 2.30. The second-order valence-electron chi connectivity index (χ2n) is 3.76. The van der Waals surface area contributed by atoms with Gasteiger partial charge in [-0.05, 0) is 25.0 Å². The number of ketones is 1. The van der Waals surface area contributed by atoms with Gasteiger partial charge in [-0.25, -0.2) is 0 Å². The van der Waals surface area contributed by atoms with Crippen LogP contribution in [0.15, 0.2) is 65.8 Å². The van der Waals surface area contributed by atoms with Crippen molar-refractivity contribution in [2.75, 3.05) is 0 Å². The summed E-state index contributed by atoms with van der Waals surface area (Å²) in [6.07, 6.45) is 8.87. The molecule has 0 unspecified atom stereocenters. The lowest BCUT2D eigenvalue weighted by Crippen LogP contribution is -2.03. The molecule has 0 bridgehead atoms. The maximum atomic E-state index is 12.1. The number of allylic oxidation sites excluding steroid dienone is 6. The number of carbonyl (C=O) groups excluding carboxylic acids is 1. The second-order valence-corrected chi connectivity index (χ2v) is 3.76. The Morgan fingerprint density at radius 3 is 2.69 bits per heavy atom. The minimum atomic E-state index is 0.0934. The SMILES string of the molecule is C/C=C1/C=C(C(=O)c2ccccc2)C=CC1. The molecular formula is C15H14O. The summed E-state index contributed by atoms with van der Waals surface area (Å²) in [5.41, 5.74) is 2.71. The molecule has 0 atom stereocenters. The molecule has 0 spiro atoms. The molecule has 0 radical (unpaired) electrons. The molecular weight excluding hydrogens is 196 g/mol. The summed E-state index contributed by atoms with van der Waals surface area (Å²) in [5, 5.41) is 0. The average molecular weight is 210 g/mol. The quantitative estimate of drug-likeness (QED) is 0.680. The van der Waals surface area contributed by atoms with Crippen molar-refractivity contribution >= 4 is 5.78 Å². The minimum absolute atomic E-state index is 0.0934. The summed E-state index contributed by atoms with van der Waals surface area (Å²) < 4.78 is 0. The third-order valence-corrected chi connectivity index (χ3v) is 2.66. The van der Waals surface area contributed by atoms with Crippen molar-refractivity contribution in [3.63, 3.8) is 0 Å². The smallest absolute Gasteiger partial charge is 0.193 e. The summed E-state index contributed by atoms with van der Waals surface area (Å²) in [7, 11) is 0. The Kier molecular flexibility index (Phi) is 3.16. The number of benzene rings is 1. The topological polar surface area (TPSA) is 17.1 Å². The van der Waals surface area contributed by atoms with Crippen LogP contribution >= 0.6 is 0 Å². The summed E-state index contributed by atoms with van der Waals surface area (Å²) in [4.78, 5) is 12.1. The molecule has 1 aliphatic carbocycles. The molecule has 2 rings (SSSR count). The molecule has 0 N–H and O–H groups in total.